The molecule has 2 N–H and O–H groups in total. The van der Waals surface area contributed by atoms with Gasteiger partial charge in [-0.2, -0.15) is 5.10 Å². The summed E-state index contributed by atoms with van der Waals surface area (Å²) >= 11 is 0. The van der Waals surface area contributed by atoms with Gasteiger partial charge in [-0.05, 0) is 52.0 Å². The van der Waals surface area contributed by atoms with E-state index in [0.29, 0.717) is 18.1 Å². The van der Waals surface area contributed by atoms with E-state index < -0.39 is 0 Å². The van der Waals surface area contributed by atoms with E-state index in [1.165, 1.54) is 62.7 Å². The largest absolute Gasteiger partial charge is 0.314 e. The maximum absolute atomic E-state index is 4.44. The quantitative estimate of drug-likeness (QED) is 0.887. The Morgan fingerprint density at radius 2 is 2.30 bits per heavy atom. The van der Waals surface area contributed by atoms with E-state index in [2.05, 4.69) is 40.6 Å². The lowest BCUT2D eigenvalue weighted by Crippen LogP contribution is -2.41. The lowest BCUT2D eigenvalue weighted by Gasteiger charge is -2.31. The minimum absolute atomic E-state index is 0.506. The molecule has 1 aromatic heterocycles. The molecule has 1 aromatic rings. The molecule has 1 fully saturated rings. The number of nitrogens with zero attached hydrogens (tertiary/aromatic N) is 2. The summed E-state index contributed by atoms with van der Waals surface area (Å²) in [7, 11) is 2.07. The van der Waals surface area contributed by atoms with Crippen LogP contribution < -0.4 is 10.6 Å². The smallest absolute Gasteiger partial charge is 0.0540 e. The number of fused-ring (bicyclic) bond motifs is 1. The third-order valence-electron chi connectivity index (χ3n) is 4.91. The average molecular weight is 276 g/mol. The van der Waals surface area contributed by atoms with Gasteiger partial charge >= 0.3 is 0 Å². The number of hydrogen-bond donors (Lipinski definition) is 2. The lowest BCUT2D eigenvalue weighted by atomic mass is 9.91. The van der Waals surface area contributed by atoms with Crippen LogP contribution in [0.1, 0.15) is 62.7 Å². The molecule has 4 nitrogen and oxygen atoms in total. The molecule has 1 aliphatic carbocycles. The molecule has 0 bridgehead atoms. The fourth-order valence-corrected chi connectivity index (χ4v) is 3.84. The molecule has 20 heavy (non-hydrogen) atoms. The van der Waals surface area contributed by atoms with Crippen LogP contribution in [0, 0.1) is 0 Å². The van der Waals surface area contributed by atoms with Gasteiger partial charge in [0.05, 0.1) is 6.20 Å². The fraction of sp³-hybridized carbons (Fsp3) is 0.812. The topological polar surface area (TPSA) is 41.9 Å². The number of aryl methyl sites for hydroxylation is 1. The van der Waals surface area contributed by atoms with Crippen molar-refractivity contribution in [2.45, 2.75) is 70.0 Å². The van der Waals surface area contributed by atoms with Crippen LogP contribution in [0.25, 0.3) is 0 Å². The Kier molecular flexibility index (Phi) is 4.41. The average Bonchev–Trinajstić information content (AvgIpc) is 2.83. The Balaban J connectivity index is 1.57. The molecule has 3 rings (SSSR count). The van der Waals surface area contributed by atoms with Crippen molar-refractivity contribution in [1.82, 2.24) is 20.4 Å². The van der Waals surface area contributed by atoms with E-state index >= 15 is 0 Å². The molecule has 0 saturated carbocycles. The van der Waals surface area contributed by atoms with Crippen LogP contribution in [0.4, 0.5) is 0 Å². The lowest BCUT2D eigenvalue weighted by molar-refractivity contribution is 0.319. The Morgan fingerprint density at radius 1 is 1.40 bits per heavy atom. The van der Waals surface area contributed by atoms with Crippen LogP contribution in [0.15, 0.2) is 6.20 Å². The van der Waals surface area contributed by atoms with Crippen molar-refractivity contribution in [1.29, 1.82) is 0 Å². The summed E-state index contributed by atoms with van der Waals surface area (Å²) < 4.78 is 2.05. The number of piperidine rings is 1. The predicted molar refractivity (Wildman–Crippen MR) is 81.7 cm³/mol. The van der Waals surface area contributed by atoms with Crippen LogP contribution in [0.3, 0.4) is 0 Å². The van der Waals surface area contributed by atoms with Crippen molar-refractivity contribution in [3.05, 3.63) is 17.5 Å². The molecule has 1 saturated heterocycles. The summed E-state index contributed by atoms with van der Waals surface area (Å²) in [6.07, 6.45) is 11.1. The molecule has 3 unspecified atom stereocenters. The highest BCUT2D eigenvalue weighted by Gasteiger charge is 2.25. The minimum atomic E-state index is 0.506. The van der Waals surface area contributed by atoms with Gasteiger partial charge in [-0.1, -0.05) is 6.42 Å². The first-order chi connectivity index (χ1) is 9.74. The van der Waals surface area contributed by atoms with Gasteiger partial charge in [0.1, 0.15) is 0 Å². The van der Waals surface area contributed by atoms with Crippen LogP contribution in [0.5, 0.6) is 0 Å². The molecule has 0 amide bonds. The van der Waals surface area contributed by atoms with Crippen LogP contribution >= 0.6 is 0 Å². The van der Waals surface area contributed by atoms with Gasteiger partial charge in [-0.25, -0.2) is 0 Å². The van der Waals surface area contributed by atoms with Crippen molar-refractivity contribution in [3.63, 3.8) is 0 Å². The summed E-state index contributed by atoms with van der Waals surface area (Å²) in [5.41, 5.74) is 2.86. The molecule has 0 spiro atoms. The Labute approximate surface area is 122 Å². The highest BCUT2D eigenvalue weighted by Crippen LogP contribution is 2.29. The summed E-state index contributed by atoms with van der Waals surface area (Å²) in [4.78, 5) is 0. The molecular weight excluding hydrogens is 248 g/mol. The Morgan fingerprint density at radius 3 is 3.10 bits per heavy atom. The van der Waals surface area contributed by atoms with Gasteiger partial charge in [-0.3, -0.25) is 4.68 Å². The second-order valence-corrected chi connectivity index (χ2v) is 6.57. The summed E-state index contributed by atoms with van der Waals surface area (Å²) in [5, 5.41) is 11.9. The first-order valence-corrected chi connectivity index (χ1v) is 8.24. The van der Waals surface area contributed by atoms with E-state index in [-0.39, 0.29) is 0 Å². The van der Waals surface area contributed by atoms with E-state index in [4.69, 9.17) is 0 Å². The van der Waals surface area contributed by atoms with Gasteiger partial charge in [0.25, 0.3) is 0 Å². The van der Waals surface area contributed by atoms with E-state index in [1.807, 2.05) is 0 Å². The molecule has 2 aliphatic rings. The standard InChI is InChI=1S/C16H28N4/c1-12(10-13-6-3-4-9-17-13)19-15-7-5-8-16-14(15)11-18-20(16)2/h11-13,15,17,19H,3-10H2,1-2H3. The van der Waals surface area contributed by atoms with E-state index in [0.717, 1.165) is 0 Å². The normalized spacial score (nSPS) is 28.1. The summed E-state index contributed by atoms with van der Waals surface area (Å²) in [6, 6.07) is 1.79. The fourth-order valence-electron chi connectivity index (χ4n) is 3.84. The minimum Gasteiger partial charge on any atom is -0.314 e. The Bertz CT molecular complexity index is 434. The predicted octanol–water partition coefficient (Wildman–Crippen LogP) is 2.31. The number of nitrogens with one attached hydrogen (secondary N) is 2. The highest BCUT2D eigenvalue weighted by molar-refractivity contribution is 5.24. The monoisotopic (exact) mass is 276 g/mol. The number of rotatable bonds is 4. The van der Waals surface area contributed by atoms with E-state index in [9.17, 15) is 0 Å². The zero-order chi connectivity index (χ0) is 13.9. The van der Waals surface area contributed by atoms with Crippen molar-refractivity contribution >= 4 is 0 Å². The maximum atomic E-state index is 4.44. The van der Waals surface area contributed by atoms with Crippen LogP contribution in [-0.4, -0.2) is 28.4 Å². The van der Waals surface area contributed by atoms with Crippen molar-refractivity contribution < 1.29 is 0 Å². The second kappa shape index (κ2) is 6.27. The second-order valence-electron chi connectivity index (χ2n) is 6.57. The van der Waals surface area contributed by atoms with Gasteiger partial charge < -0.3 is 10.6 Å². The van der Waals surface area contributed by atoms with Crippen LogP contribution in [-0.2, 0) is 13.5 Å². The molecule has 0 radical (unpaired) electrons. The highest BCUT2D eigenvalue weighted by atomic mass is 15.3. The molecule has 112 valence electrons. The molecule has 3 atom stereocenters. The molecule has 4 heteroatoms. The van der Waals surface area contributed by atoms with Gasteiger partial charge in [0.2, 0.25) is 0 Å². The maximum Gasteiger partial charge on any atom is 0.0540 e. The van der Waals surface area contributed by atoms with Crippen molar-refractivity contribution in [2.75, 3.05) is 6.54 Å². The first kappa shape index (κ1) is 14.1. The number of aromatic nitrogens is 2. The van der Waals surface area contributed by atoms with Crippen LogP contribution in [0.2, 0.25) is 0 Å². The van der Waals surface area contributed by atoms with Gasteiger partial charge in [-0.15, -0.1) is 0 Å². The zero-order valence-electron chi connectivity index (χ0n) is 12.9. The van der Waals surface area contributed by atoms with Gasteiger partial charge in [0.15, 0.2) is 0 Å². The zero-order valence-corrected chi connectivity index (χ0v) is 12.9. The van der Waals surface area contributed by atoms with Gasteiger partial charge in [0, 0.05) is 36.4 Å². The third kappa shape index (κ3) is 3.07. The molecule has 0 aromatic carbocycles. The number of hydrogen-bond acceptors (Lipinski definition) is 3. The molecule has 1 aliphatic heterocycles. The molecular formula is C16H28N4. The third-order valence-corrected chi connectivity index (χ3v) is 4.91. The van der Waals surface area contributed by atoms with Crippen molar-refractivity contribution in [3.8, 4) is 0 Å². The van der Waals surface area contributed by atoms with Crippen molar-refractivity contribution in [2.24, 2.45) is 7.05 Å². The first-order valence-electron chi connectivity index (χ1n) is 8.24. The Hall–Kier alpha value is -0.870. The summed E-state index contributed by atoms with van der Waals surface area (Å²) in [5.74, 6) is 0. The SMILES string of the molecule is CC(CC1CCCCN1)NC1CCCc2c1cnn2C. The van der Waals surface area contributed by atoms with E-state index in [1.54, 1.807) is 0 Å². The molecule has 2 heterocycles. The summed E-state index contributed by atoms with van der Waals surface area (Å²) in [6.45, 7) is 3.54.